The summed E-state index contributed by atoms with van der Waals surface area (Å²) in [6, 6.07) is 10.0. The molecule has 1 aromatic carbocycles. The second-order valence-electron chi connectivity index (χ2n) is 3.86. The van der Waals surface area contributed by atoms with Crippen molar-refractivity contribution in [2.75, 3.05) is 6.54 Å². The topological polar surface area (TPSA) is 70.7 Å². The molecule has 1 unspecified atom stereocenters. The van der Waals surface area contributed by atoms with Gasteiger partial charge in [-0.2, -0.15) is 5.10 Å². The zero-order valence-corrected chi connectivity index (χ0v) is 9.55. The number of hydrogen-bond donors (Lipinski definition) is 2. The van der Waals surface area contributed by atoms with E-state index >= 15 is 0 Å². The predicted octanol–water partition coefficient (Wildman–Crippen LogP) is 1.34. The van der Waals surface area contributed by atoms with Gasteiger partial charge in [-0.05, 0) is 11.5 Å². The molecule has 0 aliphatic rings. The Morgan fingerprint density at radius 3 is 2.82 bits per heavy atom. The van der Waals surface area contributed by atoms with E-state index in [2.05, 4.69) is 27.4 Å². The Labute approximate surface area is 99.3 Å². The van der Waals surface area contributed by atoms with Crippen molar-refractivity contribution in [3.8, 4) is 0 Å². The van der Waals surface area contributed by atoms with E-state index < -0.39 is 0 Å². The molecule has 0 saturated heterocycles. The van der Waals surface area contributed by atoms with Gasteiger partial charge in [0.2, 0.25) is 5.82 Å². The smallest absolute Gasteiger partial charge is 0.288 e. The molecule has 17 heavy (non-hydrogen) atoms. The maximum atomic E-state index is 11.6. The van der Waals surface area contributed by atoms with Crippen LogP contribution in [0, 0.1) is 0 Å². The van der Waals surface area contributed by atoms with Crippen LogP contribution < -0.4 is 5.32 Å². The second-order valence-corrected chi connectivity index (χ2v) is 3.86. The Morgan fingerprint density at radius 2 is 2.18 bits per heavy atom. The van der Waals surface area contributed by atoms with Gasteiger partial charge >= 0.3 is 0 Å². The summed E-state index contributed by atoms with van der Waals surface area (Å²) < 4.78 is 0. The van der Waals surface area contributed by atoms with E-state index in [1.165, 1.54) is 11.9 Å². The Hall–Kier alpha value is -2.17. The van der Waals surface area contributed by atoms with Crippen LogP contribution in [-0.2, 0) is 0 Å². The molecule has 0 aliphatic heterocycles. The first kappa shape index (κ1) is 11.3. The lowest BCUT2D eigenvalue weighted by Gasteiger charge is -2.12. The van der Waals surface area contributed by atoms with Gasteiger partial charge in [-0.3, -0.25) is 9.89 Å². The number of amides is 1. The third kappa shape index (κ3) is 2.90. The molecule has 1 heterocycles. The minimum absolute atomic E-state index is 0.231. The van der Waals surface area contributed by atoms with Gasteiger partial charge in [-0.1, -0.05) is 37.3 Å². The summed E-state index contributed by atoms with van der Waals surface area (Å²) in [6.07, 6.45) is 1.32. The van der Waals surface area contributed by atoms with Crippen LogP contribution in [0.1, 0.15) is 29.0 Å². The number of carbonyl (C=O) groups is 1. The van der Waals surface area contributed by atoms with Gasteiger partial charge in [0.25, 0.3) is 5.91 Å². The van der Waals surface area contributed by atoms with E-state index in [1.54, 1.807) is 0 Å². The van der Waals surface area contributed by atoms with Crippen molar-refractivity contribution < 1.29 is 4.79 Å². The van der Waals surface area contributed by atoms with Gasteiger partial charge in [-0.15, -0.1) is 0 Å². The molecule has 0 saturated carbocycles. The first-order valence-corrected chi connectivity index (χ1v) is 5.46. The molecule has 2 aromatic rings. The molecule has 1 amide bonds. The number of nitrogens with zero attached hydrogens (tertiary/aromatic N) is 2. The molecule has 0 bridgehead atoms. The summed E-state index contributed by atoms with van der Waals surface area (Å²) in [4.78, 5) is 15.4. The molecule has 88 valence electrons. The maximum Gasteiger partial charge on any atom is 0.288 e. The quantitative estimate of drug-likeness (QED) is 0.832. The Bertz CT molecular complexity index is 467. The van der Waals surface area contributed by atoms with E-state index in [0.717, 1.165) is 0 Å². The molecule has 5 heteroatoms. The van der Waals surface area contributed by atoms with Crippen LogP contribution in [0.15, 0.2) is 36.7 Å². The maximum absolute atomic E-state index is 11.6. The highest BCUT2D eigenvalue weighted by Crippen LogP contribution is 2.12. The third-order valence-corrected chi connectivity index (χ3v) is 2.57. The van der Waals surface area contributed by atoms with Crippen LogP contribution in [0.25, 0.3) is 0 Å². The van der Waals surface area contributed by atoms with E-state index in [-0.39, 0.29) is 17.6 Å². The monoisotopic (exact) mass is 230 g/mol. The average molecular weight is 230 g/mol. The highest BCUT2D eigenvalue weighted by atomic mass is 16.2. The largest absolute Gasteiger partial charge is 0.349 e. The molecule has 0 spiro atoms. The van der Waals surface area contributed by atoms with Crippen LogP contribution >= 0.6 is 0 Å². The summed E-state index contributed by atoms with van der Waals surface area (Å²) in [7, 11) is 0. The van der Waals surface area contributed by atoms with Crippen molar-refractivity contribution in [3.05, 3.63) is 48.0 Å². The fourth-order valence-electron chi connectivity index (χ4n) is 1.54. The van der Waals surface area contributed by atoms with E-state index in [0.29, 0.717) is 6.54 Å². The van der Waals surface area contributed by atoms with Crippen molar-refractivity contribution in [3.63, 3.8) is 0 Å². The number of H-pyrrole nitrogens is 1. The SMILES string of the molecule is CC(CNC(=O)c1ncn[nH]1)c1ccccc1. The first-order valence-electron chi connectivity index (χ1n) is 5.46. The summed E-state index contributed by atoms with van der Waals surface area (Å²) >= 11 is 0. The van der Waals surface area contributed by atoms with Crippen molar-refractivity contribution in [1.29, 1.82) is 0 Å². The van der Waals surface area contributed by atoms with Crippen LogP contribution in [0.3, 0.4) is 0 Å². The fraction of sp³-hybridized carbons (Fsp3) is 0.250. The zero-order valence-electron chi connectivity index (χ0n) is 9.55. The molecule has 0 fully saturated rings. The molecule has 2 N–H and O–H groups in total. The number of carbonyl (C=O) groups excluding carboxylic acids is 1. The summed E-state index contributed by atoms with van der Waals surface area (Å²) in [5, 5.41) is 8.97. The predicted molar refractivity (Wildman–Crippen MR) is 63.6 cm³/mol. The highest BCUT2D eigenvalue weighted by Gasteiger charge is 2.10. The van der Waals surface area contributed by atoms with Crippen LogP contribution in [0.5, 0.6) is 0 Å². The van der Waals surface area contributed by atoms with E-state index in [9.17, 15) is 4.79 Å². The van der Waals surface area contributed by atoms with Crippen LogP contribution in [-0.4, -0.2) is 27.6 Å². The van der Waals surface area contributed by atoms with Crippen molar-refractivity contribution in [1.82, 2.24) is 20.5 Å². The average Bonchev–Trinajstić information content (AvgIpc) is 2.90. The Kier molecular flexibility index (Phi) is 3.49. The summed E-state index contributed by atoms with van der Waals surface area (Å²) in [5.41, 5.74) is 1.20. The Balaban J connectivity index is 1.89. The molecular formula is C12H14N4O. The molecular weight excluding hydrogens is 216 g/mol. The van der Waals surface area contributed by atoms with Crippen LogP contribution in [0.4, 0.5) is 0 Å². The lowest BCUT2D eigenvalue weighted by Crippen LogP contribution is -2.28. The summed E-state index contributed by atoms with van der Waals surface area (Å²) in [5.74, 6) is 0.276. The minimum atomic E-state index is -0.231. The van der Waals surface area contributed by atoms with Gasteiger partial charge in [0, 0.05) is 6.54 Å². The molecule has 1 atom stereocenters. The number of nitrogens with one attached hydrogen (secondary N) is 2. The number of rotatable bonds is 4. The minimum Gasteiger partial charge on any atom is -0.349 e. The molecule has 5 nitrogen and oxygen atoms in total. The first-order chi connectivity index (χ1) is 8.27. The highest BCUT2D eigenvalue weighted by molar-refractivity contribution is 5.90. The standard InChI is InChI=1S/C12H14N4O/c1-9(10-5-3-2-4-6-10)7-13-12(17)11-14-8-15-16-11/h2-6,8-9H,7H2,1H3,(H,13,17)(H,14,15,16). The normalized spacial score (nSPS) is 12.1. The van der Waals surface area contributed by atoms with Gasteiger partial charge in [-0.25, -0.2) is 4.98 Å². The fourth-order valence-corrected chi connectivity index (χ4v) is 1.54. The molecule has 0 aliphatic carbocycles. The lowest BCUT2D eigenvalue weighted by atomic mass is 10.0. The molecule has 0 radical (unpaired) electrons. The number of benzene rings is 1. The van der Waals surface area contributed by atoms with Crippen molar-refractivity contribution in [2.45, 2.75) is 12.8 Å². The van der Waals surface area contributed by atoms with E-state index in [4.69, 9.17) is 0 Å². The van der Waals surface area contributed by atoms with Crippen molar-refractivity contribution >= 4 is 5.91 Å². The zero-order chi connectivity index (χ0) is 12.1. The van der Waals surface area contributed by atoms with E-state index in [1.807, 2.05) is 30.3 Å². The van der Waals surface area contributed by atoms with Gasteiger partial charge in [0.1, 0.15) is 6.33 Å². The lowest BCUT2D eigenvalue weighted by molar-refractivity contribution is 0.0941. The van der Waals surface area contributed by atoms with Gasteiger partial charge in [0.15, 0.2) is 0 Å². The van der Waals surface area contributed by atoms with Crippen molar-refractivity contribution in [2.24, 2.45) is 0 Å². The number of aromatic amines is 1. The van der Waals surface area contributed by atoms with Gasteiger partial charge in [0.05, 0.1) is 0 Å². The summed E-state index contributed by atoms with van der Waals surface area (Å²) in [6.45, 7) is 2.64. The van der Waals surface area contributed by atoms with Gasteiger partial charge < -0.3 is 5.32 Å². The van der Waals surface area contributed by atoms with Crippen LogP contribution in [0.2, 0.25) is 0 Å². The number of aromatic nitrogens is 3. The third-order valence-electron chi connectivity index (χ3n) is 2.57. The molecule has 2 rings (SSSR count). The Morgan fingerprint density at radius 1 is 1.41 bits per heavy atom. The molecule has 1 aromatic heterocycles. The second kappa shape index (κ2) is 5.25. The number of hydrogen-bond acceptors (Lipinski definition) is 3.